The van der Waals surface area contributed by atoms with E-state index in [4.69, 9.17) is 13.8 Å². The quantitative estimate of drug-likeness (QED) is 0.0212. The van der Waals surface area contributed by atoms with E-state index in [2.05, 4.69) is 135 Å². The first-order valence-corrected chi connectivity index (χ1v) is 34.3. The van der Waals surface area contributed by atoms with E-state index in [1.807, 2.05) is 33.3 Å². The Morgan fingerprint density at radius 1 is 0.444 bits per heavy atom. The molecule has 0 radical (unpaired) electrons. The van der Waals surface area contributed by atoms with E-state index < -0.39 is 26.6 Å². The average Bonchev–Trinajstić information content (AvgIpc) is 3.44. The molecule has 0 fully saturated rings. The molecule has 9 nitrogen and oxygen atoms in total. The van der Waals surface area contributed by atoms with Crippen LogP contribution < -0.4 is 10.2 Å². The van der Waals surface area contributed by atoms with Gasteiger partial charge in [-0.15, -0.1) is 0 Å². The second-order valence-electron chi connectivity index (χ2n) is 22.9. The van der Waals surface area contributed by atoms with Crippen LogP contribution in [0.5, 0.6) is 0 Å². The highest BCUT2D eigenvalue weighted by Gasteiger charge is 2.27. The van der Waals surface area contributed by atoms with Gasteiger partial charge in [-0.2, -0.15) is 0 Å². The number of phosphoric ester groups is 1. The maximum Gasteiger partial charge on any atom is 0.306 e. The number of quaternary nitrogens is 1. The molecule has 0 aliphatic rings. The molecule has 0 spiro atoms. The fourth-order valence-corrected chi connectivity index (χ4v) is 9.55. The number of likely N-dealkylation sites (N-methyl/N-ethyl adjacent to an activating group) is 1. The van der Waals surface area contributed by atoms with Crippen molar-refractivity contribution in [3.63, 3.8) is 0 Å². The molecular weight excluding hydrogens is 1020 g/mol. The van der Waals surface area contributed by atoms with E-state index >= 15 is 0 Å². The van der Waals surface area contributed by atoms with Crippen molar-refractivity contribution in [3.8, 4) is 0 Å². The van der Waals surface area contributed by atoms with Crippen molar-refractivity contribution in [2.24, 2.45) is 0 Å². The smallest absolute Gasteiger partial charge is 0.306 e. The second kappa shape index (κ2) is 59.6. The summed E-state index contributed by atoms with van der Waals surface area (Å²) in [6.07, 6.45) is 83.1. The van der Waals surface area contributed by atoms with E-state index in [1.165, 1.54) is 109 Å². The Bertz CT molecular complexity index is 1800. The summed E-state index contributed by atoms with van der Waals surface area (Å²) in [7, 11) is 1.14. The third-order valence-corrected chi connectivity index (χ3v) is 14.8. The van der Waals surface area contributed by atoms with Gasteiger partial charge in [0.1, 0.15) is 19.3 Å². The molecule has 81 heavy (non-hydrogen) atoms. The molecule has 0 saturated heterocycles. The van der Waals surface area contributed by atoms with Crippen molar-refractivity contribution in [1.29, 1.82) is 0 Å². The fraction of sp³-hybridized carbons (Fsp3) is 0.690. The van der Waals surface area contributed by atoms with Crippen molar-refractivity contribution in [2.75, 3.05) is 40.9 Å². The van der Waals surface area contributed by atoms with Crippen LogP contribution in [-0.2, 0) is 27.9 Å². The minimum absolute atomic E-state index is 0.0373. The highest BCUT2D eigenvalue weighted by molar-refractivity contribution is 7.45. The summed E-state index contributed by atoms with van der Waals surface area (Å²) in [5.41, 5.74) is 0. The van der Waals surface area contributed by atoms with Gasteiger partial charge in [0.05, 0.1) is 33.8 Å². The monoisotopic (exact) mass is 1150 g/mol. The lowest BCUT2D eigenvalue weighted by Crippen LogP contribution is -2.47. The van der Waals surface area contributed by atoms with Crippen molar-refractivity contribution in [2.45, 2.75) is 277 Å². The van der Waals surface area contributed by atoms with Crippen molar-refractivity contribution in [3.05, 3.63) is 122 Å². The predicted molar refractivity (Wildman–Crippen MR) is 348 cm³/mol. The maximum atomic E-state index is 13.6. The summed E-state index contributed by atoms with van der Waals surface area (Å²) >= 11 is 0. The van der Waals surface area contributed by atoms with Gasteiger partial charge < -0.3 is 28.5 Å². The third kappa shape index (κ3) is 60.8. The summed E-state index contributed by atoms with van der Waals surface area (Å²) in [5, 5.41) is 3.02. The van der Waals surface area contributed by atoms with Gasteiger partial charge in [0, 0.05) is 12.8 Å². The van der Waals surface area contributed by atoms with Crippen LogP contribution >= 0.6 is 7.82 Å². The van der Waals surface area contributed by atoms with E-state index in [9.17, 15) is 19.0 Å². The minimum atomic E-state index is -4.72. The number of nitrogens with zero attached hydrogens (tertiary/aromatic N) is 1. The van der Waals surface area contributed by atoms with Gasteiger partial charge in [-0.25, -0.2) is 0 Å². The first kappa shape index (κ1) is 77.4. The largest absolute Gasteiger partial charge is 0.756 e. The molecule has 1 N–H and O–H groups in total. The van der Waals surface area contributed by atoms with Crippen molar-refractivity contribution >= 4 is 19.7 Å². The van der Waals surface area contributed by atoms with Gasteiger partial charge in [0.15, 0.2) is 0 Å². The van der Waals surface area contributed by atoms with Gasteiger partial charge in [-0.3, -0.25) is 14.2 Å². The number of nitrogens with one attached hydrogen (secondary N) is 1. The Hall–Kier alpha value is -3.59. The third-order valence-electron chi connectivity index (χ3n) is 13.9. The number of phosphoric acid groups is 1. The lowest BCUT2D eigenvalue weighted by atomic mass is 10.0. The van der Waals surface area contributed by atoms with Gasteiger partial charge in [-0.1, -0.05) is 252 Å². The Kier molecular flexibility index (Phi) is 56.9. The zero-order chi connectivity index (χ0) is 59.3. The molecule has 464 valence electrons. The predicted octanol–water partition coefficient (Wildman–Crippen LogP) is 20.0. The van der Waals surface area contributed by atoms with Crippen LogP contribution in [0.1, 0.15) is 265 Å². The van der Waals surface area contributed by atoms with Gasteiger partial charge >= 0.3 is 5.97 Å². The molecule has 0 aliphatic heterocycles. The summed E-state index contributed by atoms with van der Waals surface area (Å²) < 4.78 is 30.3. The standard InChI is InChI=1S/C71H123N2O7P/c1-7-10-13-16-19-22-25-28-30-32-34-36-38-40-42-45-48-51-54-57-60-63-70(74)72-68(67-79-81(76,77)78-66-65-73(4,5)6)69(62-59-56-53-50-47-44-27-24-21-18-15-12-9-3)80-71(75)64-61-58-55-52-49-46-43-41-39-37-35-33-31-29-26-23-20-17-14-11-8-2/h11,14,19-20,22-23,28-31,34-37,41,43,49,52,59,62,68-69H,7-10,12-13,15-18,21,24-27,32-33,38-40,42,44-48,50-51,53-58,60-61,63-67H2,1-6H3,(H-,72,74,76,77)/b14-11-,22-19-,23-20-,30-28-,31-29-,36-34-,37-35-,43-41-,52-49-,62-59+. The van der Waals surface area contributed by atoms with Crippen LogP contribution in [-0.4, -0.2) is 69.4 Å². The number of amides is 1. The molecule has 0 bridgehead atoms. The Balaban J connectivity index is 5.33. The number of hydrogen-bond acceptors (Lipinski definition) is 7. The van der Waals surface area contributed by atoms with Crippen LogP contribution in [0.3, 0.4) is 0 Å². The molecule has 0 aromatic heterocycles. The Morgan fingerprint density at radius 2 is 0.790 bits per heavy atom. The highest BCUT2D eigenvalue weighted by Crippen LogP contribution is 2.38. The summed E-state index contributed by atoms with van der Waals surface area (Å²) in [6, 6.07) is -0.920. The molecule has 1 amide bonds. The number of carbonyl (C=O) groups is 2. The normalized spacial score (nSPS) is 14.4. The molecule has 0 heterocycles. The highest BCUT2D eigenvalue weighted by atomic mass is 31.2. The number of carbonyl (C=O) groups excluding carboxylic acids is 2. The van der Waals surface area contributed by atoms with Crippen LogP contribution in [0.25, 0.3) is 0 Å². The van der Waals surface area contributed by atoms with Crippen molar-refractivity contribution < 1.29 is 37.3 Å². The lowest BCUT2D eigenvalue weighted by molar-refractivity contribution is -0.870. The zero-order valence-electron chi connectivity index (χ0n) is 52.9. The van der Waals surface area contributed by atoms with Gasteiger partial charge in [0.2, 0.25) is 5.91 Å². The van der Waals surface area contributed by atoms with E-state index in [0.717, 1.165) is 116 Å². The van der Waals surface area contributed by atoms with Crippen LogP contribution in [0.4, 0.5) is 0 Å². The molecule has 3 atom stereocenters. The van der Waals surface area contributed by atoms with Crippen LogP contribution in [0, 0.1) is 0 Å². The second-order valence-corrected chi connectivity index (χ2v) is 24.3. The number of rotatable bonds is 58. The Morgan fingerprint density at radius 3 is 1.22 bits per heavy atom. The average molecular weight is 1150 g/mol. The first-order chi connectivity index (χ1) is 39.4. The number of hydrogen-bond donors (Lipinski definition) is 1. The molecule has 0 aliphatic carbocycles. The molecule has 0 saturated carbocycles. The first-order valence-electron chi connectivity index (χ1n) is 32.8. The molecule has 0 rings (SSSR count). The van der Waals surface area contributed by atoms with Crippen molar-refractivity contribution in [1.82, 2.24) is 5.32 Å². The number of allylic oxidation sites excluding steroid dienone is 19. The molecular formula is C71H123N2O7P. The Labute approximate surface area is 499 Å². The number of esters is 1. The molecule has 10 heteroatoms. The number of unbranched alkanes of at least 4 members (excludes halogenated alkanes) is 24. The summed E-state index contributed by atoms with van der Waals surface area (Å²) in [4.78, 5) is 40.1. The summed E-state index contributed by atoms with van der Waals surface area (Å²) in [6.45, 7) is 6.67. The van der Waals surface area contributed by atoms with E-state index in [0.29, 0.717) is 23.9 Å². The molecule has 0 aromatic rings. The molecule has 0 aromatic carbocycles. The van der Waals surface area contributed by atoms with Crippen LogP contribution in [0.2, 0.25) is 0 Å². The van der Waals surface area contributed by atoms with Gasteiger partial charge in [-0.05, 0) is 122 Å². The van der Waals surface area contributed by atoms with E-state index in [1.54, 1.807) is 0 Å². The zero-order valence-corrected chi connectivity index (χ0v) is 53.8. The minimum Gasteiger partial charge on any atom is -0.756 e. The maximum absolute atomic E-state index is 13.6. The SMILES string of the molecule is CC/C=C\C/C=C\C/C=C\C/C=C\C/C=C\C/C=C\CCCCC(=O)OC(/C=C/CCCCCCCCCCCCC)C(COP(=O)([O-])OCC[N+](C)(C)C)NC(=O)CCCCCCCCCC/C=C\C/C=C\C/C=C\CCCCC. The topological polar surface area (TPSA) is 114 Å². The lowest BCUT2D eigenvalue weighted by Gasteiger charge is -2.30. The van der Waals surface area contributed by atoms with Gasteiger partial charge in [0.25, 0.3) is 7.82 Å². The molecule has 3 unspecified atom stereocenters. The summed E-state index contributed by atoms with van der Waals surface area (Å²) in [5.74, 6) is -0.605. The number of ether oxygens (including phenoxy) is 1. The fourth-order valence-electron chi connectivity index (χ4n) is 8.83. The van der Waals surface area contributed by atoms with Crippen LogP contribution in [0.15, 0.2) is 122 Å². The van der Waals surface area contributed by atoms with E-state index in [-0.39, 0.29) is 24.9 Å².